The van der Waals surface area contributed by atoms with Crippen molar-refractivity contribution >= 4 is 21.8 Å². The molecule has 0 aliphatic carbocycles. The first kappa shape index (κ1) is 24.4. The van der Waals surface area contributed by atoms with Gasteiger partial charge in [0.2, 0.25) is 17.6 Å². The van der Waals surface area contributed by atoms with Crippen LogP contribution in [-0.4, -0.2) is 34.0 Å². The molecule has 1 fully saturated rings. The second-order valence-corrected chi connectivity index (χ2v) is 10.2. The Morgan fingerprint density at radius 3 is 2.61 bits per heavy atom. The second kappa shape index (κ2) is 11.2. The SMILES string of the molecule is Cc1ccccc1C(NC(=O)C1CCCN(Cc2nc(-c3ccc(Br)cc3)no2)C1)c1ccccc1. The number of rotatable bonds is 7. The highest BCUT2D eigenvalue weighted by molar-refractivity contribution is 9.10. The van der Waals surface area contributed by atoms with Crippen molar-refractivity contribution in [1.82, 2.24) is 20.4 Å². The molecular weight excluding hydrogens is 516 g/mol. The zero-order valence-electron chi connectivity index (χ0n) is 20.2. The highest BCUT2D eigenvalue weighted by Crippen LogP contribution is 2.27. The number of nitrogens with zero attached hydrogens (tertiary/aromatic N) is 3. The van der Waals surface area contributed by atoms with Gasteiger partial charge in [0.15, 0.2) is 0 Å². The summed E-state index contributed by atoms with van der Waals surface area (Å²) in [4.78, 5) is 20.3. The molecule has 0 saturated carbocycles. The van der Waals surface area contributed by atoms with E-state index < -0.39 is 0 Å². The molecule has 0 radical (unpaired) electrons. The van der Waals surface area contributed by atoms with Gasteiger partial charge in [-0.1, -0.05) is 75.7 Å². The predicted molar refractivity (Wildman–Crippen MR) is 143 cm³/mol. The number of hydrogen-bond acceptors (Lipinski definition) is 5. The van der Waals surface area contributed by atoms with Crippen molar-refractivity contribution in [1.29, 1.82) is 0 Å². The van der Waals surface area contributed by atoms with Gasteiger partial charge < -0.3 is 9.84 Å². The minimum atomic E-state index is -0.181. The smallest absolute Gasteiger partial charge is 0.241 e. The maximum atomic E-state index is 13.5. The molecule has 0 spiro atoms. The lowest BCUT2D eigenvalue weighted by Crippen LogP contribution is -2.44. The predicted octanol–water partition coefficient (Wildman–Crippen LogP) is 5.93. The van der Waals surface area contributed by atoms with E-state index in [4.69, 9.17) is 4.52 Å². The first-order valence-electron chi connectivity index (χ1n) is 12.3. The maximum absolute atomic E-state index is 13.5. The summed E-state index contributed by atoms with van der Waals surface area (Å²) >= 11 is 3.45. The van der Waals surface area contributed by atoms with Gasteiger partial charge in [-0.25, -0.2) is 0 Å². The molecule has 1 saturated heterocycles. The van der Waals surface area contributed by atoms with Gasteiger partial charge in [0.25, 0.3) is 0 Å². The summed E-state index contributed by atoms with van der Waals surface area (Å²) < 4.78 is 6.53. The molecule has 1 N–H and O–H groups in total. The Morgan fingerprint density at radius 2 is 1.83 bits per heavy atom. The average molecular weight is 545 g/mol. The first-order valence-corrected chi connectivity index (χ1v) is 13.1. The highest BCUT2D eigenvalue weighted by atomic mass is 79.9. The number of nitrogens with one attached hydrogen (secondary N) is 1. The summed E-state index contributed by atoms with van der Waals surface area (Å²) in [6.45, 7) is 4.19. The van der Waals surface area contributed by atoms with Crippen LogP contribution in [0.2, 0.25) is 0 Å². The van der Waals surface area contributed by atoms with Crippen LogP contribution in [0.5, 0.6) is 0 Å². The fourth-order valence-corrected chi connectivity index (χ4v) is 5.06. The van der Waals surface area contributed by atoms with Crippen LogP contribution in [0.4, 0.5) is 0 Å². The van der Waals surface area contributed by atoms with Gasteiger partial charge in [-0.2, -0.15) is 4.98 Å². The van der Waals surface area contributed by atoms with E-state index in [0.717, 1.165) is 46.1 Å². The Bertz CT molecular complexity index is 1310. The first-order chi connectivity index (χ1) is 17.6. The summed E-state index contributed by atoms with van der Waals surface area (Å²) in [5, 5.41) is 7.50. The summed E-state index contributed by atoms with van der Waals surface area (Å²) in [5.74, 6) is 1.13. The Balaban J connectivity index is 1.26. The topological polar surface area (TPSA) is 71.3 Å². The molecule has 1 amide bonds. The van der Waals surface area contributed by atoms with E-state index in [2.05, 4.69) is 67.5 Å². The number of aryl methyl sites for hydroxylation is 1. The molecule has 0 bridgehead atoms. The van der Waals surface area contributed by atoms with E-state index in [1.54, 1.807) is 0 Å². The molecule has 1 aliphatic rings. The molecular formula is C29H29BrN4O2. The van der Waals surface area contributed by atoms with E-state index in [0.29, 0.717) is 24.8 Å². The van der Waals surface area contributed by atoms with Gasteiger partial charge >= 0.3 is 0 Å². The van der Waals surface area contributed by atoms with Crippen molar-refractivity contribution in [3.05, 3.63) is 106 Å². The van der Waals surface area contributed by atoms with Crippen LogP contribution in [0.15, 0.2) is 87.9 Å². The number of amides is 1. The van der Waals surface area contributed by atoms with Crippen LogP contribution in [0.3, 0.4) is 0 Å². The zero-order valence-corrected chi connectivity index (χ0v) is 21.8. The van der Waals surface area contributed by atoms with Crippen LogP contribution in [0.25, 0.3) is 11.4 Å². The molecule has 2 atom stereocenters. The largest absolute Gasteiger partial charge is 0.345 e. The van der Waals surface area contributed by atoms with Gasteiger partial charge in [-0.15, -0.1) is 0 Å². The minimum Gasteiger partial charge on any atom is -0.345 e. The van der Waals surface area contributed by atoms with Crippen LogP contribution < -0.4 is 5.32 Å². The third kappa shape index (κ3) is 5.74. The molecule has 7 heteroatoms. The van der Waals surface area contributed by atoms with E-state index in [1.807, 2.05) is 54.6 Å². The van der Waals surface area contributed by atoms with E-state index in [9.17, 15) is 4.79 Å². The lowest BCUT2D eigenvalue weighted by molar-refractivity contribution is -0.127. The Labute approximate surface area is 219 Å². The third-order valence-electron chi connectivity index (χ3n) is 6.72. The Hall–Kier alpha value is -3.29. The minimum absolute atomic E-state index is 0.0814. The number of aromatic nitrogens is 2. The second-order valence-electron chi connectivity index (χ2n) is 9.30. The van der Waals surface area contributed by atoms with E-state index in [-0.39, 0.29) is 17.9 Å². The fourth-order valence-electron chi connectivity index (χ4n) is 4.80. The van der Waals surface area contributed by atoms with Crippen molar-refractivity contribution < 1.29 is 9.32 Å². The van der Waals surface area contributed by atoms with Crippen molar-refractivity contribution in [2.75, 3.05) is 13.1 Å². The molecule has 6 nitrogen and oxygen atoms in total. The third-order valence-corrected chi connectivity index (χ3v) is 7.25. The van der Waals surface area contributed by atoms with E-state index >= 15 is 0 Å². The van der Waals surface area contributed by atoms with Crippen LogP contribution in [0, 0.1) is 12.8 Å². The standard InChI is InChI=1S/C29H29BrN4O2/c1-20-8-5-6-12-25(20)27(21-9-3-2-4-10-21)32-29(35)23-11-7-17-34(18-23)19-26-31-28(33-36-26)22-13-15-24(30)16-14-22/h2-6,8-10,12-16,23,27H,7,11,17-19H2,1H3,(H,32,35). The summed E-state index contributed by atoms with van der Waals surface area (Å²) in [6.07, 6.45) is 1.82. The normalized spacial score (nSPS) is 17.0. The monoisotopic (exact) mass is 544 g/mol. The number of halogens is 1. The number of carbonyl (C=O) groups is 1. The van der Waals surface area contributed by atoms with Gasteiger partial charge in [0, 0.05) is 16.6 Å². The van der Waals surface area contributed by atoms with Crippen molar-refractivity contribution in [2.45, 2.75) is 32.4 Å². The Kier molecular flexibility index (Phi) is 7.58. The average Bonchev–Trinajstić information content (AvgIpc) is 3.37. The Morgan fingerprint density at radius 1 is 1.08 bits per heavy atom. The summed E-state index contributed by atoms with van der Waals surface area (Å²) in [6, 6.07) is 26.1. The zero-order chi connectivity index (χ0) is 24.9. The van der Waals surface area contributed by atoms with Crippen LogP contribution >= 0.6 is 15.9 Å². The summed E-state index contributed by atoms with van der Waals surface area (Å²) in [5.41, 5.74) is 4.28. The van der Waals surface area contributed by atoms with Crippen molar-refractivity contribution in [3.63, 3.8) is 0 Å². The quantitative estimate of drug-likeness (QED) is 0.312. The van der Waals surface area contributed by atoms with Crippen molar-refractivity contribution in [2.24, 2.45) is 5.92 Å². The molecule has 36 heavy (non-hydrogen) atoms. The molecule has 184 valence electrons. The lowest BCUT2D eigenvalue weighted by atomic mass is 9.92. The number of likely N-dealkylation sites (tertiary alicyclic amines) is 1. The highest BCUT2D eigenvalue weighted by Gasteiger charge is 2.29. The number of carbonyl (C=O) groups excluding carboxylic acids is 1. The fraction of sp³-hybridized carbons (Fsp3) is 0.276. The number of hydrogen-bond donors (Lipinski definition) is 1. The van der Waals surface area contributed by atoms with Gasteiger partial charge in [-0.05, 0) is 67.3 Å². The van der Waals surface area contributed by atoms with Gasteiger partial charge in [0.05, 0.1) is 18.5 Å². The molecule has 5 rings (SSSR count). The van der Waals surface area contributed by atoms with Gasteiger partial charge in [-0.3, -0.25) is 9.69 Å². The van der Waals surface area contributed by atoms with Crippen LogP contribution in [-0.2, 0) is 11.3 Å². The molecule has 3 aromatic carbocycles. The molecule has 2 heterocycles. The van der Waals surface area contributed by atoms with Crippen LogP contribution in [0.1, 0.15) is 41.5 Å². The van der Waals surface area contributed by atoms with Gasteiger partial charge in [0.1, 0.15) is 0 Å². The maximum Gasteiger partial charge on any atom is 0.241 e. The molecule has 1 aliphatic heterocycles. The molecule has 2 unspecified atom stereocenters. The van der Waals surface area contributed by atoms with E-state index in [1.165, 1.54) is 0 Å². The van der Waals surface area contributed by atoms with Crippen molar-refractivity contribution in [3.8, 4) is 11.4 Å². The lowest BCUT2D eigenvalue weighted by Gasteiger charge is -2.32. The molecule has 4 aromatic rings. The number of benzene rings is 3. The number of piperidine rings is 1. The molecule has 1 aromatic heterocycles. The summed E-state index contributed by atoms with van der Waals surface area (Å²) in [7, 11) is 0.